The molecule has 0 bridgehead atoms. The van der Waals surface area contributed by atoms with Gasteiger partial charge in [-0.3, -0.25) is 9.36 Å². The van der Waals surface area contributed by atoms with Crippen molar-refractivity contribution in [2.24, 2.45) is 5.92 Å². The molecule has 12 heteroatoms. The highest BCUT2D eigenvalue weighted by Gasteiger charge is 2.29. The topological polar surface area (TPSA) is 115 Å². The van der Waals surface area contributed by atoms with Crippen LogP contribution in [0, 0.1) is 5.92 Å². The first-order chi connectivity index (χ1) is 20.4. The predicted molar refractivity (Wildman–Crippen MR) is 151 cm³/mol. The van der Waals surface area contributed by atoms with Gasteiger partial charge in [-0.05, 0) is 55.5 Å². The number of amides is 1. The smallest absolute Gasteiger partial charge is 0.296 e. The second-order valence-corrected chi connectivity index (χ2v) is 10.5. The van der Waals surface area contributed by atoms with Crippen LogP contribution in [0.1, 0.15) is 43.5 Å². The Bertz CT molecular complexity index is 1530. The quantitative estimate of drug-likeness (QED) is 0.313. The normalized spacial score (nSPS) is 19.3. The number of fused-ring (bicyclic) bond motifs is 1. The highest BCUT2D eigenvalue weighted by Crippen LogP contribution is 2.32. The largest absolute Gasteiger partial charge is 0.508 e. The van der Waals surface area contributed by atoms with Crippen LogP contribution in [0.3, 0.4) is 0 Å². The van der Waals surface area contributed by atoms with Crippen molar-refractivity contribution in [1.82, 2.24) is 24.8 Å². The summed E-state index contributed by atoms with van der Waals surface area (Å²) < 4.78 is 41.4. The second-order valence-electron chi connectivity index (χ2n) is 10.5. The Hall–Kier alpha value is -4.32. The number of nitrogens with one attached hydrogen (secondary N) is 1. The van der Waals surface area contributed by atoms with Gasteiger partial charge in [0.1, 0.15) is 17.7 Å². The van der Waals surface area contributed by atoms with Gasteiger partial charge in [0.15, 0.2) is 5.82 Å². The molecule has 42 heavy (non-hydrogen) atoms. The average molecular weight is 579 g/mol. The zero-order valence-electron chi connectivity index (χ0n) is 23.0. The molecule has 1 aliphatic carbocycles. The van der Waals surface area contributed by atoms with Crippen molar-refractivity contribution >= 4 is 22.9 Å². The van der Waals surface area contributed by atoms with Crippen LogP contribution < -0.4 is 15.0 Å². The number of rotatable bonds is 8. The minimum atomic E-state index is -2.81. The lowest BCUT2D eigenvalue weighted by Crippen LogP contribution is -2.37. The molecule has 2 N–H and O–H groups in total. The number of nitrogens with zero attached hydrogens (tertiary/aromatic N) is 5. The molecule has 2 aromatic heterocycles. The molecule has 0 spiro atoms. The number of benzene rings is 2. The number of alkyl halides is 2. The van der Waals surface area contributed by atoms with Gasteiger partial charge in [0.2, 0.25) is 17.7 Å². The standard InChI is InChI=1S/C30H32F2N6O4/c31-27(32)28-34-23-3-1-2-4-24(23)38(28)25-17-26(36-30(35-25)37-13-15-41-16-14-37)42-22-11-7-20(8-12-22)29(40)33-18-19-5-9-21(39)10-6-19/h1-6,9-10,17,20,22,27,39H,7-8,11-16,18H2,(H,33,40). The summed E-state index contributed by atoms with van der Waals surface area (Å²) in [5.41, 5.74) is 1.88. The lowest BCUT2D eigenvalue weighted by atomic mass is 9.86. The number of carbonyl (C=O) groups is 1. The highest BCUT2D eigenvalue weighted by atomic mass is 19.3. The fourth-order valence-corrected chi connectivity index (χ4v) is 5.47. The number of aromatic nitrogens is 4. The average Bonchev–Trinajstić information content (AvgIpc) is 3.42. The zero-order valence-corrected chi connectivity index (χ0v) is 23.0. The molecule has 1 aliphatic heterocycles. The first-order valence-corrected chi connectivity index (χ1v) is 14.1. The van der Waals surface area contributed by atoms with Crippen molar-refractivity contribution < 1.29 is 28.2 Å². The molecule has 4 aromatic rings. The SMILES string of the molecule is O=C(NCc1ccc(O)cc1)C1CCC(Oc2cc(-n3c(C(F)F)nc4ccccc43)nc(N3CCOCC3)n2)CC1. The van der Waals surface area contributed by atoms with Gasteiger partial charge in [-0.1, -0.05) is 24.3 Å². The molecular formula is C30H32F2N6O4. The third-order valence-corrected chi connectivity index (χ3v) is 7.72. The third-order valence-electron chi connectivity index (χ3n) is 7.72. The molecule has 220 valence electrons. The third kappa shape index (κ3) is 6.13. The Morgan fingerprint density at radius 1 is 1.02 bits per heavy atom. The number of hydrogen-bond acceptors (Lipinski definition) is 8. The molecule has 2 fully saturated rings. The van der Waals surface area contributed by atoms with Crippen LogP contribution in [0.5, 0.6) is 11.6 Å². The number of anilines is 1. The molecular weight excluding hydrogens is 546 g/mol. The maximum Gasteiger partial charge on any atom is 0.296 e. The van der Waals surface area contributed by atoms with Crippen LogP contribution in [-0.2, 0) is 16.1 Å². The Kier molecular flexibility index (Phi) is 8.13. The van der Waals surface area contributed by atoms with Gasteiger partial charge >= 0.3 is 0 Å². The van der Waals surface area contributed by atoms with Crippen molar-refractivity contribution in [2.75, 3.05) is 31.2 Å². The summed E-state index contributed by atoms with van der Waals surface area (Å²) in [5, 5.41) is 12.4. The van der Waals surface area contributed by atoms with Gasteiger partial charge in [-0.15, -0.1) is 0 Å². The molecule has 0 unspecified atom stereocenters. The molecule has 2 aliphatic rings. The van der Waals surface area contributed by atoms with Crippen LogP contribution >= 0.6 is 0 Å². The molecule has 1 saturated heterocycles. The van der Waals surface area contributed by atoms with Crippen molar-refractivity contribution in [3.8, 4) is 17.4 Å². The minimum Gasteiger partial charge on any atom is -0.508 e. The van der Waals surface area contributed by atoms with E-state index in [9.17, 15) is 18.7 Å². The number of halogens is 2. The number of ether oxygens (including phenoxy) is 2. The molecule has 3 heterocycles. The van der Waals surface area contributed by atoms with Crippen LogP contribution in [0.25, 0.3) is 16.9 Å². The van der Waals surface area contributed by atoms with Crippen molar-refractivity contribution in [1.29, 1.82) is 0 Å². The number of phenols is 1. The lowest BCUT2D eigenvalue weighted by molar-refractivity contribution is -0.126. The first kappa shape index (κ1) is 27.8. The van der Waals surface area contributed by atoms with Gasteiger partial charge < -0.3 is 24.8 Å². The van der Waals surface area contributed by atoms with Gasteiger partial charge in [0, 0.05) is 31.6 Å². The van der Waals surface area contributed by atoms with E-state index >= 15 is 0 Å². The Morgan fingerprint density at radius 2 is 1.76 bits per heavy atom. The van der Waals surface area contributed by atoms with E-state index in [1.807, 2.05) is 4.90 Å². The van der Waals surface area contributed by atoms with E-state index in [4.69, 9.17) is 9.47 Å². The van der Waals surface area contributed by atoms with Crippen LogP contribution in [0.15, 0.2) is 54.6 Å². The van der Waals surface area contributed by atoms with E-state index in [0.29, 0.717) is 81.4 Å². The van der Waals surface area contributed by atoms with E-state index in [-0.39, 0.29) is 29.5 Å². The van der Waals surface area contributed by atoms with E-state index in [2.05, 4.69) is 20.3 Å². The number of para-hydroxylation sites is 2. The van der Waals surface area contributed by atoms with E-state index in [1.54, 1.807) is 54.6 Å². The predicted octanol–water partition coefficient (Wildman–Crippen LogP) is 4.55. The molecule has 1 saturated carbocycles. The fraction of sp³-hybridized carbons (Fsp3) is 0.400. The van der Waals surface area contributed by atoms with Gasteiger partial charge in [0.05, 0.1) is 24.2 Å². The fourth-order valence-electron chi connectivity index (χ4n) is 5.47. The van der Waals surface area contributed by atoms with Crippen molar-refractivity contribution in [3.05, 3.63) is 66.0 Å². The number of hydrogen-bond donors (Lipinski definition) is 2. The first-order valence-electron chi connectivity index (χ1n) is 14.1. The van der Waals surface area contributed by atoms with Crippen molar-refractivity contribution in [3.63, 3.8) is 0 Å². The number of imidazole rings is 1. The van der Waals surface area contributed by atoms with Gasteiger partial charge in [-0.25, -0.2) is 13.8 Å². The van der Waals surface area contributed by atoms with Gasteiger partial charge in [-0.2, -0.15) is 9.97 Å². The van der Waals surface area contributed by atoms with Crippen molar-refractivity contribution in [2.45, 2.75) is 44.8 Å². The summed E-state index contributed by atoms with van der Waals surface area (Å²) >= 11 is 0. The Balaban J connectivity index is 1.19. The summed E-state index contributed by atoms with van der Waals surface area (Å²) in [4.78, 5) is 28.2. The van der Waals surface area contributed by atoms with Crippen LogP contribution in [-0.4, -0.2) is 62.9 Å². The summed E-state index contributed by atoms with van der Waals surface area (Å²) in [6.07, 6.45) is -0.372. The second kappa shape index (κ2) is 12.3. The summed E-state index contributed by atoms with van der Waals surface area (Å²) in [7, 11) is 0. The van der Waals surface area contributed by atoms with Crippen LogP contribution in [0.2, 0.25) is 0 Å². The maximum absolute atomic E-state index is 14.1. The monoisotopic (exact) mass is 578 g/mol. The molecule has 10 nitrogen and oxygen atoms in total. The summed E-state index contributed by atoms with van der Waals surface area (Å²) in [5.74, 6) is 0.583. The zero-order chi connectivity index (χ0) is 29.1. The molecule has 0 atom stereocenters. The molecule has 1 amide bonds. The summed E-state index contributed by atoms with van der Waals surface area (Å²) in [6.45, 7) is 2.56. The van der Waals surface area contributed by atoms with Gasteiger partial charge in [0.25, 0.3) is 6.43 Å². The van der Waals surface area contributed by atoms with Crippen LogP contribution in [0.4, 0.5) is 14.7 Å². The van der Waals surface area contributed by atoms with E-state index < -0.39 is 12.2 Å². The number of morpholine rings is 1. The molecule has 2 aromatic carbocycles. The minimum absolute atomic E-state index is 0.00744. The molecule has 6 rings (SSSR count). The Labute approximate surface area is 241 Å². The summed E-state index contributed by atoms with van der Waals surface area (Å²) in [6, 6.07) is 15.3. The Morgan fingerprint density at radius 3 is 2.50 bits per heavy atom. The lowest BCUT2D eigenvalue weighted by Gasteiger charge is -2.29. The maximum atomic E-state index is 14.1. The number of aromatic hydroxyl groups is 1. The molecule has 0 radical (unpaired) electrons. The van der Waals surface area contributed by atoms with E-state index in [1.165, 1.54) is 4.57 Å². The van der Waals surface area contributed by atoms with E-state index in [0.717, 1.165) is 5.56 Å². The highest BCUT2D eigenvalue weighted by molar-refractivity contribution is 5.79. The number of carbonyl (C=O) groups excluding carboxylic acids is 1. The number of phenolic OH excluding ortho intramolecular Hbond substituents is 1.